The van der Waals surface area contributed by atoms with Gasteiger partial charge in [-0.05, 0) is 17.7 Å². The molecular weight excluding hydrogens is 279 g/mol. The molecule has 2 rings (SSSR count). The monoisotopic (exact) mass is 289 g/mol. The highest BCUT2D eigenvalue weighted by molar-refractivity contribution is 7.09. The Hall–Kier alpha value is -1.60. The third kappa shape index (κ3) is 3.45. The number of rotatable bonds is 4. The number of halogens is 3. The van der Waals surface area contributed by atoms with Gasteiger partial charge in [0.05, 0.1) is 22.6 Å². The molecule has 0 aliphatic rings. The van der Waals surface area contributed by atoms with Crippen LogP contribution in [0.1, 0.15) is 16.0 Å². The minimum Gasteiger partial charge on any atom is -0.487 e. The first kappa shape index (κ1) is 13.8. The topological polar surface area (TPSA) is 42.4 Å². The van der Waals surface area contributed by atoms with Gasteiger partial charge in [0.25, 0.3) is 0 Å². The molecule has 1 aromatic carbocycles. The normalized spacial score (nSPS) is 11.6. The second-order valence-corrected chi connectivity index (χ2v) is 4.71. The molecule has 0 aliphatic carbocycles. The van der Waals surface area contributed by atoms with Crippen LogP contribution in [0.25, 0.3) is 0 Å². The Bertz CT molecular complexity index is 540. The van der Waals surface area contributed by atoms with Gasteiger partial charge in [0, 0.05) is 6.20 Å². The number of thiazole rings is 1. The lowest BCUT2D eigenvalue weighted by atomic mass is 10.1. The Morgan fingerprint density at radius 3 is 2.68 bits per heavy atom. The zero-order chi connectivity index (χ0) is 13.9. The van der Waals surface area contributed by atoms with E-state index in [4.69, 9.17) is 9.84 Å². The van der Waals surface area contributed by atoms with Crippen molar-refractivity contribution in [1.29, 1.82) is 0 Å². The second kappa shape index (κ2) is 5.58. The van der Waals surface area contributed by atoms with Crippen LogP contribution in [0, 0.1) is 0 Å². The number of hydrogen-bond acceptors (Lipinski definition) is 4. The van der Waals surface area contributed by atoms with Gasteiger partial charge >= 0.3 is 6.18 Å². The van der Waals surface area contributed by atoms with Gasteiger partial charge < -0.3 is 9.84 Å². The molecule has 0 bridgehead atoms. The molecule has 3 nitrogen and oxygen atoms in total. The Labute approximate surface area is 111 Å². The van der Waals surface area contributed by atoms with E-state index in [0.29, 0.717) is 0 Å². The predicted molar refractivity (Wildman–Crippen MR) is 63.8 cm³/mol. The first-order valence-corrected chi connectivity index (χ1v) is 6.20. The quantitative estimate of drug-likeness (QED) is 0.939. The first-order valence-electron chi connectivity index (χ1n) is 5.32. The van der Waals surface area contributed by atoms with Crippen molar-refractivity contribution in [1.82, 2.24) is 4.98 Å². The van der Waals surface area contributed by atoms with E-state index in [9.17, 15) is 13.2 Å². The van der Waals surface area contributed by atoms with Gasteiger partial charge in [-0.2, -0.15) is 13.2 Å². The maximum Gasteiger partial charge on any atom is 0.419 e. The molecule has 0 radical (unpaired) electrons. The van der Waals surface area contributed by atoms with Gasteiger partial charge in [-0.3, -0.25) is 4.98 Å². The van der Waals surface area contributed by atoms with Gasteiger partial charge in [0.15, 0.2) is 0 Å². The van der Waals surface area contributed by atoms with E-state index < -0.39 is 18.3 Å². The maximum atomic E-state index is 12.9. The first-order chi connectivity index (χ1) is 9.00. The molecule has 0 saturated carbocycles. The summed E-state index contributed by atoms with van der Waals surface area (Å²) in [5.41, 5.74) is 0.888. The average Bonchev–Trinajstić information content (AvgIpc) is 2.88. The highest BCUT2D eigenvalue weighted by Gasteiger charge is 2.34. The molecule has 1 heterocycles. The van der Waals surface area contributed by atoms with E-state index in [2.05, 4.69) is 4.98 Å². The van der Waals surface area contributed by atoms with Gasteiger partial charge in [0.1, 0.15) is 12.4 Å². The summed E-state index contributed by atoms with van der Waals surface area (Å²) in [7, 11) is 0. The van der Waals surface area contributed by atoms with Crippen molar-refractivity contribution >= 4 is 11.3 Å². The number of aromatic nitrogens is 1. The van der Waals surface area contributed by atoms with E-state index in [1.807, 2.05) is 0 Å². The minimum absolute atomic E-state index is 0.0339. The fourth-order valence-corrected chi connectivity index (χ4v) is 1.99. The Kier molecular flexibility index (Phi) is 4.06. The molecule has 1 aromatic heterocycles. The molecule has 19 heavy (non-hydrogen) atoms. The Morgan fingerprint density at radius 1 is 1.32 bits per heavy atom. The van der Waals surface area contributed by atoms with Gasteiger partial charge in [-0.25, -0.2) is 0 Å². The molecule has 102 valence electrons. The molecule has 0 unspecified atom stereocenters. The summed E-state index contributed by atoms with van der Waals surface area (Å²) in [4.78, 5) is 4.55. The van der Waals surface area contributed by atoms with E-state index in [-0.39, 0.29) is 17.9 Å². The van der Waals surface area contributed by atoms with Gasteiger partial charge in [-0.1, -0.05) is 6.07 Å². The van der Waals surface area contributed by atoms with Crippen LogP contribution in [0.3, 0.4) is 0 Å². The molecule has 0 fully saturated rings. The van der Waals surface area contributed by atoms with Gasteiger partial charge in [0.2, 0.25) is 0 Å². The van der Waals surface area contributed by atoms with Crippen molar-refractivity contribution in [3.63, 3.8) is 0 Å². The van der Waals surface area contributed by atoms with Gasteiger partial charge in [-0.15, -0.1) is 11.3 Å². The van der Waals surface area contributed by atoms with Crippen molar-refractivity contribution in [3.05, 3.63) is 45.9 Å². The van der Waals surface area contributed by atoms with Crippen molar-refractivity contribution < 1.29 is 23.0 Å². The molecular formula is C12H10F3NO2S. The summed E-state index contributed by atoms with van der Waals surface area (Å²) in [6, 6.07) is 3.51. The van der Waals surface area contributed by atoms with Crippen LogP contribution in [0.2, 0.25) is 0 Å². The van der Waals surface area contributed by atoms with Crippen LogP contribution in [0.4, 0.5) is 13.2 Å². The molecule has 7 heteroatoms. The lowest BCUT2D eigenvalue weighted by Crippen LogP contribution is -2.09. The Morgan fingerprint density at radius 2 is 2.11 bits per heavy atom. The molecule has 2 aromatic rings. The molecule has 0 aliphatic heterocycles. The molecule has 0 saturated heterocycles. The fraction of sp³-hybridized carbons (Fsp3) is 0.250. The largest absolute Gasteiger partial charge is 0.487 e. The third-order valence-corrected chi connectivity index (χ3v) is 3.14. The number of ether oxygens (including phenoxy) is 1. The Balaban J connectivity index is 2.23. The summed E-state index contributed by atoms with van der Waals surface area (Å²) in [6.45, 7) is -0.412. The number of alkyl halides is 3. The zero-order valence-electron chi connectivity index (χ0n) is 9.65. The molecule has 1 N–H and O–H groups in total. The number of nitrogens with zero attached hydrogens (tertiary/aromatic N) is 1. The van der Waals surface area contributed by atoms with E-state index >= 15 is 0 Å². The lowest BCUT2D eigenvalue weighted by Gasteiger charge is -2.14. The smallest absolute Gasteiger partial charge is 0.419 e. The summed E-state index contributed by atoms with van der Waals surface area (Å²) in [5, 5.41) is 8.88. The fourth-order valence-electron chi connectivity index (χ4n) is 1.49. The van der Waals surface area contributed by atoms with E-state index in [1.165, 1.54) is 23.5 Å². The summed E-state index contributed by atoms with van der Waals surface area (Å²) in [6.07, 6.45) is -2.98. The molecule has 0 amide bonds. The standard InChI is InChI=1S/C12H10F3NO2S/c13-12(14,15)10-3-8(5-17)1-2-11(10)18-6-9-4-16-7-19-9/h1-4,7,17H,5-6H2. The van der Waals surface area contributed by atoms with Crippen molar-refractivity contribution in [2.45, 2.75) is 19.4 Å². The van der Waals surface area contributed by atoms with Crippen LogP contribution in [0.15, 0.2) is 29.9 Å². The predicted octanol–water partition coefficient (Wildman–Crippen LogP) is 3.23. The summed E-state index contributed by atoms with van der Waals surface area (Å²) in [5.74, 6) is -0.252. The highest BCUT2D eigenvalue weighted by Crippen LogP contribution is 2.37. The third-order valence-electron chi connectivity index (χ3n) is 2.39. The minimum atomic E-state index is -4.52. The number of aliphatic hydroxyl groups excluding tert-OH is 1. The van der Waals surface area contributed by atoms with Crippen LogP contribution in [0.5, 0.6) is 5.75 Å². The van der Waals surface area contributed by atoms with Crippen molar-refractivity contribution in [3.8, 4) is 5.75 Å². The van der Waals surface area contributed by atoms with E-state index in [1.54, 1.807) is 11.7 Å². The summed E-state index contributed by atoms with van der Waals surface area (Å²) < 4.78 is 43.8. The maximum absolute atomic E-state index is 12.9. The van der Waals surface area contributed by atoms with Crippen LogP contribution in [-0.4, -0.2) is 10.1 Å². The number of benzene rings is 1. The molecule has 0 atom stereocenters. The molecule has 0 spiro atoms. The van der Waals surface area contributed by atoms with Crippen molar-refractivity contribution in [2.24, 2.45) is 0 Å². The highest BCUT2D eigenvalue weighted by atomic mass is 32.1. The number of aliphatic hydroxyl groups is 1. The number of hydrogen-bond donors (Lipinski definition) is 1. The second-order valence-electron chi connectivity index (χ2n) is 3.74. The van der Waals surface area contributed by atoms with E-state index in [0.717, 1.165) is 10.9 Å². The zero-order valence-corrected chi connectivity index (χ0v) is 10.5. The van der Waals surface area contributed by atoms with Crippen LogP contribution < -0.4 is 4.74 Å². The van der Waals surface area contributed by atoms with Crippen LogP contribution in [-0.2, 0) is 19.4 Å². The van der Waals surface area contributed by atoms with Crippen LogP contribution >= 0.6 is 11.3 Å². The summed E-state index contributed by atoms with van der Waals surface area (Å²) >= 11 is 1.31. The SMILES string of the molecule is OCc1ccc(OCc2cncs2)c(C(F)(F)F)c1. The van der Waals surface area contributed by atoms with Crippen molar-refractivity contribution in [2.75, 3.05) is 0 Å². The average molecular weight is 289 g/mol. The lowest BCUT2D eigenvalue weighted by molar-refractivity contribution is -0.139.